The summed E-state index contributed by atoms with van der Waals surface area (Å²) in [5.41, 5.74) is 0. The van der Waals surface area contributed by atoms with Crippen molar-refractivity contribution < 1.29 is 4.79 Å². The molecule has 18 heavy (non-hydrogen) atoms. The van der Waals surface area contributed by atoms with Crippen molar-refractivity contribution in [3.63, 3.8) is 0 Å². The van der Waals surface area contributed by atoms with Crippen molar-refractivity contribution in [2.24, 2.45) is 0 Å². The van der Waals surface area contributed by atoms with Crippen LogP contribution in [-0.4, -0.2) is 37.0 Å². The second-order valence-corrected chi connectivity index (χ2v) is 6.01. The Morgan fingerprint density at radius 3 is 2.61 bits per heavy atom. The van der Waals surface area contributed by atoms with Crippen LogP contribution in [0.2, 0.25) is 0 Å². The lowest BCUT2D eigenvalue weighted by Gasteiger charge is -2.31. The van der Waals surface area contributed by atoms with Gasteiger partial charge in [0.15, 0.2) is 0 Å². The summed E-state index contributed by atoms with van der Waals surface area (Å²) < 4.78 is 0. The largest absolute Gasteiger partial charge is 0.342 e. The van der Waals surface area contributed by atoms with Crippen LogP contribution in [0.4, 0.5) is 0 Å². The number of hydrogen-bond donors (Lipinski definition) is 1. The molecule has 102 valence electrons. The Morgan fingerprint density at radius 2 is 2.11 bits per heavy atom. The van der Waals surface area contributed by atoms with E-state index in [-0.39, 0.29) is 18.3 Å². The lowest BCUT2D eigenvalue weighted by Crippen LogP contribution is -2.44. The van der Waals surface area contributed by atoms with Crippen LogP contribution in [0.3, 0.4) is 0 Å². The summed E-state index contributed by atoms with van der Waals surface area (Å²) in [5, 5.41) is 3.28. The highest BCUT2D eigenvalue weighted by Gasteiger charge is 2.21. The molecule has 0 saturated carbocycles. The highest BCUT2D eigenvalue weighted by Crippen LogP contribution is 2.18. The van der Waals surface area contributed by atoms with E-state index >= 15 is 0 Å². The zero-order chi connectivity index (χ0) is 12.3. The maximum absolute atomic E-state index is 12.1. The zero-order valence-corrected chi connectivity index (χ0v) is 12.6. The lowest BCUT2D eigenvalue weighted by atomic mass is 10.1. The Morgan fingerprint density at radius 1 is 1.44 bits per heavy atom. The van der Waals surface area contributed by atoms with E-state index in [1.807, 2.05) is 11.9 Å². The fourth-order valence-corrected chi connectivity index (χ4v) is 3.14. The number of amides is 1. The van der Waals surface area contributed by atoms with Gasteiger partial charge in [0, 0.05) is 28.9 Å². The minimum atomic E-state index is 0. The molecule has 0 bridgehead atoms. The Hall–Kier alpha value is -0.580. The number of nitrogens with zero attached hydrogens (tertiary/aromatic N) is 1. The van der Waals surface area contributed by atoms with Gasteiger partial charge in [0.1, 0.15) is 0 Å². The van der Waals surface area contributed by atoms with Crippen molar-refractivity contribution >= 4 is 29.7 Å². The fourth-order valence-electron chi connectivity index (χ4n) is 2.26. The van der Waals surface area contributed by atoms with Crippen LogP contribution < -0.4 is 5.32 Å². The predicted molar refractivity (Wildman–Crippen MR) is 78.7 cm³/mol. The van der Waals surface area contributed by atoms with E-state index in [9.17, 15) is 4.79 Å². The van der Waals surface area contributed by atoms with Gasteiger partial charge in [-0.3, -0.25) is 4.79 Å². The van der Waals surface area contributed by atoms with E-state index < -0.39 is 0 Å². The lowest BCUT2D eigenvalue weighted by molar-refractivity contribution is -0.131. The van der Waals surface area contributed by atoms with Crippen LogP contribution in [-0.2, 0) is 11.2 Å². The summed E-state index contributed by atoms with van der Waals surface area (Å²) >= 11 is 1.73. The summed E-state index contributed by atoms with van der Waals surface area (Å²) in [6.07, 6.45) is 2.72. The van der Waals surface area contributed by atoms with Gasteiger partial charge in [-0.2, -0.15) is 0 Å². The molecule has 2 rings (SSSR count). The number of likely N-dealkylation sites (tertiary alicyclic amines) is 1. The molecule has 0 radical (unpaired) electrons. The van der Waals surface area contributed by atoms with E-state index in [1.54, 1.807) is 11.3 Å². The van der Waals surface area contributed by atoms with E-state index in [0.29, 0.717) is 12.5 Å². The van der Waals surface area contributed by atoms with E-state index in [2.05, 4.69) is 24.4 Å². The first kappa shape index (κ1) is 15.5. The van der Waals surface area contributed by atoms with Crippen molar-refractivity contribution in [2.75, 3.05) is 20.1 Å². The van der Waals surface area contributed by atoms with Gasteiger partial charge in [0.05, 0.1) is 6.42 Å². The van der Waals surface area contributed by atoms with Gasteiger partial charge in [0.2, 0.25) is 5.91 Å². The molecule has 1 saturated heterocycles. The number of carbonyl (C=O) groups is 1. The van der Waals surface area contributed by atoms with Gasteiger partial charge in [-0.15, -0.1) is 23.7 Å². The molecule has 2 heterocycles. The molecule has 0 atom stereocenters. The molecule has 0 unspecified atom stereocenters. The maximum Gasteiger partial charge on any atom is 0.227 e. The Bertz CT molecular complexity index is 386. The van der Waals surface area contributed by atoms with E-state index in [0.717, 1.165) is 25.9 Å². The minimum absolute atomic E-state index is 0. The van der Waals surface area contributed by atoms with Gasteiger partial charge in [-0.1, -0.05) is 0 Å². The van der Waals surface area contributed by atoms with Crippen molar-refractivity contribution in [3.8, 4) is 0 Å². The van der Waals surface area contributed by atoms with Crippen LogP contribution in [0.1, 0.15) is 22.6 Å². The van der Waals surface area contributed by atoms with E-state index in [4.69, 9.17) is 0 Å². The first-order valence-corrected chi connectivity index (χ1v) is 7.01. The molecule has 1 aliphatic rings. The first-order valence-electron chi connectivity index (χ1n) is 6.19. The summed E-state index contributed by atoms with van der Waals surface area (Å²) in [5.74, 6) is 0.279. The highest BCUT2D eigenvalue weighted by atomic mass is 35.5. The third-order valence-electron chi connectivity index (χ3n) is 3.38. The van der Waals surface area contributed by atoms with Gasteiger partial charge in [-0.25, -0.2) is 0 Å². The minimum Gasteiger partial charge on any atom is -0.342 e. The summed E-state index contributed by atoms with van der Waals surface area (Å²) in [4.78, 5) is 16.5. The SMILES string of the molecule is CNC1CCN(C(=O)Cc2ccc(C)s2)CC1.Cl. The van der Waals surface area contributed by atoms with Crippen LogP contribution in [0.15, 0.2) is 12.1 Å². The average Bonchev–Trinajstić information content (AvgIpc) is 2.75. The first-order chi connectivity index (χ1) is 8.19. The quantitative estimate of drug-likeness (QED) is 0.925. The number of thiophene rings is 1. The molecule has 1 fully saturated rings. The van der Waals surface area contributed by atoms with Crippen molar-refractivity contribution in [1.29, 1.82) is 0 Å². The molecule has 0 aliphatic carbocycles. The third kappa shape index (κ3) is 3.97. The molecule has 5 heteroatoms. The van der Waals surface area contributed by atoms with Gasteiger partial charge >= 0.3 is 0 Å². The monoisotopic (exact) mass is 288 g/mol. The summed E-state index contributed by atoms with van der Waals surface area (Å²) in [7, 11) is 2.00. The van der Waals surface area contributed by atoms with Crippen LogP contribution in [0, 0.1) is 6.92 Å². The Kier molecular flexibility index (Phi) is 6.12. The smallest absolute Gasteiger partial charge is 0.227 e. The summed E-state index contributed by atoms with van der Waals surface area (Å²) in [6, 6.07) is 4.74. The molecular formula is C13H21ClN2OS. The average molecular weight is 289 g/mol. The third-order valence-corrected chi connectivity index (χ3v) is 4.38. The van der Waals surface area contributed by atoms with Crippen molar-refractivity contribution in [1.82, 2.24) is 10.2 Å². The topological polar surface area (TPSA) is 32.3 Å². The van der Waals surface area contributed by atoms with Gasteiger partial charge in [0.25, 0.3) is 0 Å². The molecule has 1 N–H and O–H groups in total. The molecule has 1 aromatic rings. The molecule has 3 nitrogen and oxygen atoms in total. The number of rotatable bonds is 3. The molecule has 0 aromatic carbocycles. The summed E-state index contributed by atoms with van der Waals surface area (Å²) in [6.45, 7) is 3.88. The number of halogens is 1. The van der Waals surface area contributed by atoms with Gasteiger partial charge < -0.3 is 10.2 Å². The van der Waals surface area contributed by atoms with Crippen molar-refractivity contribution in [3.05, 3.63) is 21.9 Å². The molecule has 0 spiro atoms. The van der Waals surface area contributed by atoms with E-state index in [1.165, 1.54) is 9.75 Å². The Labute approximate surface area is 119 Å². The second-order valence-electron chi connectivity index (χ2n) is 4.63. The molecule has 1 aliphatic heterocycles. The standard InChI is InChI=1S/C13H20N2OS.ClH/c1-10-3-4-12(17-10)9-13(16)15-7-5-11(14-2)6-8-15;/h3-4,11,14H,5-9H2,1-2H3;1H. The number of carbonyl (C=O) groups excluding carboxylic acids is 1. The fraction of sp³-hybridized carbons (Fsp3) is 0.615. The molecule has 1 aromatic heterocycles. The zero-order valence-electron chi connectivity index (χ0n) is 10.9. The number of aryl methyl sites for hydroxylation is 1. The van der Waals surface area contributed by atoms with Crippen LogP contribution in [0.5, 0.6) is 0 Å². The highest BCUT2D eigenvalue weighted by molar-refractivity contribution is 7.12. The van der Waals surface area contributed by atoms with Crippen LogP contribution >= 0.6 is 23.7 Å². The van der Waals surface area contributed by atoms with Crippen molar-refractivity contribution in [2.45, 2.75) is 32.2 Å². The number of nitrogens with one attached hydrogen (secondary N) is 1. The van der Waals surface area contributed by atoms with Gasteiger partial charge in [-0.05, 0) is 38.9 Å². The van der Waals surface area contributed by atoms with Crippen LogP contribution in [0.25, 0.3) is 0 Å². The second kappa shape index (κ2) is 7.12. The predicted octanol–water partition coefficient (Wildman–Crippen LogP) is 2.23. The Balaban J connectivity index is 0.00000162. The molecule has 1 amide bonds. The normalized spacial score (nSPS) is 16.4. The maximum atomic E-state index is 12.1. The number of piperidine rings is 1. The number of hydrogen-bond acceptors (Lipinski definition) is 3. The molecular weight excluding hydrogens is 268 g/mol.